The Morgan fingerprint density at radius 2 is 1.90 bits per heavy atom. The highest BCUT2D eigenvalue weighted by atomic mass is 32.2. The van der Waals surface area contributed by atoms with E-state index in [-0.39, 0.29) is 10.8 Å². The average molecular weight is 305 g/mol. The summed E-state index contributed by atoms with van der Waals surface area (Å²) in [4.78, 5) is 12.3. The first-order chi connectivity index (χ1) is 9.90. The van der Waals surface area contributed by atoms with Crippen molar-refractivity contribution in [3.8, 4) is 0 Å². The molecule has 0 bridgehead atoms. The number of hydrogen-bond acceptors (Lipinski definition) is 2. The molecule has 1 N–H and O–H groups in total. The molecule has 21 heavy (non-hydrogen) atoms. The monoisotopic (exact) mass is 305 g/mol. The van der Waals surface area contributed by atoms with Crippen LogP contribution in [-0.4, -0.2) is 16.4 Å². The lowest BCUT2D eigenvalue weighted by atomic mass is 10.0. The minimum atomic E-state index is -1.39. The van der Waals surface area contributed by atoms with E-state index in [2.05, 4.69) is 5.32 Å². The highest BCUT2D eigenvalue weighted by Crippen LogP contribution is 2.19. The third-order valence-electron chi connectivity index (χ3n) is 3.35. The van der Waals surface area contributed by atoms with Crippen molar-refractivity contribution in [3.05, 3.63) is 58.9 Å². The zero-order chi connectivity index (χ0) is 15.6. The third kappa shape index (κ3) is 3.36. The summed E-state index contributed by atoms with van der Waals surface area (Å²) in [5.41, 5.74) is 2.80. The van der Waals surface area contributed by atoms with Crippen LogP contribution < -0.4 is 5.32 Å². The molecule has 3 nitrogen and oxygen atoms in total. The van der Waals surface area contributed by atoms with Crippen LogP contribution in [0.15, 0.2) is 41.3 Å². The van der Waals surface area contributed by atoms with Crippen molar-refractivity contribution in [3.63, 3.8) is 0 Å². The molecule has 1 unspecified atom stereocenters. The van der Waals surface area contributed by atoms with E-state index < -0.39 is 16.6 Å². The van der Waals surface area contributed by atoms with Crippen LogP contribution in [0.25, 0.3) is 0 Å². The maximum absolute atomic E-state index is 13.8. The van der Waals surface area contributed by atoms with Gasteiger partial charge >= 0.3 is 0 Å². The largest absolute Gasteiger partial charge is 0.322 e. The molecule has 0 saturated carbocycles. The van der Waals surface area contributed by atoms with E-state index in [0.717, 1.165) is 11.1 Å². The zero-order valence-electron chi connectivity index (χ0n) is 12.1. The van der Waals surface area contributed by atoms with E-state index in [9.17, 15) is 13.4 Å². The predicted molar refractivity (Wildman–Crippen MR) is 82.6 cm³/mol. The molecule has 5 heteroatoms. The molecule has 0 fully saturated rings. The second-order valence-corrected chi connectivity index (χ2v) is 6.15. The number of carbonyl (C=O) groups is 1. The molecule has 1 atom stereocenters. The Labute approximate surface area is 125 Å². The van der Waals surface area contributed by atoms with Gasteiger partial charge in [0.05, 0.1) is 15.7 Å². The molecule has 2 rings (SSSR count). The van der Waals surface area contributed by atoms with Gasteiger partial charge in [-0.15, -0.1) is 0 Å². The third-order valence-corrected chi connectivity index (χ3v) is 4.30. The zero-order valence-corrected chi connectivity index (χ0v) is 12.9. The van der Waals surface area contributed by atoms with Gasteiger partial charge in [-0.05, 0) is 49.2 Å². The van der Waals surface area contributed by atoms with Crippen LogP contribution >= 0.6 is 0 Å². The minimum Gasteiger partial charge on any atom is -0.322 e. The fourth-order valence-corrected chi connectivity index (χ4v) is 2.60. The predicted octanol–water partition coefficient (Wildman–Crippen LogP) is 3.43. The van der Waals surface area contributed by atoms with Gasteiger partial charge in [-0.1, -0.05) is 12.1 Å². The van der Waals surface area contributed by atoms with Gasteiger partial charge in [-0.25, -0.2) is 4.39 Å². The normalized spacial score (nSPS) is 12.0. The molecular formula is C16H16FNO2S. The van der Waals surface area contributed by atoms with Crippen LogP contribution in [0.2, 0.25) is 0 Å². The lowest BCUT2D eigenvalue weighted by Crippen LogP contribution is -2.14. The summed E-state index contributed by atoms with van der Waals surface area (Å²) in [6.07, 6.45) is 1.41. The maximum Gasteiger partial charge on any atom is 0.255 e. The van der Waals surface area contributed by atoms with Gasteiger partial charge in [-0.3, -0.25) is 9.00 Å². The van der Waals surface area contributed by atoms with E-state index in [0.29, 0.717) is 11.3 Å². The Kier molecular flexibility index (Phi) is 4.53. The Balaban J connectivity index is 2.26. The molecular weight excluding hydrogens is 289 g/mol. The Hall–Kier alpha value is -2.01. The number of hydrogen-bond donors (Lipinski definition) is 1. The molecule has 110 valence electrons. The number of amides is 1. The van der Waals surface area contributed by atoms with Gasteiger partial charge < -0.3 is 5.32 Å². The van der Waals surface area contributed by atoms with Crippen molar-refractivity contribution in [1.29, 1.82) is 0 Å². The lowest BCUT2D eigenvalue weighted by Gasteiger charge is -2.10. The minimum absolute atomic E-state index is 0.125. The van der Waals surface area contributed by atoms with Crippen LogP contribution in [0.4, 0.5) is 10.1 Å². The van der Waals surface area contributed by atoms with E-state index in [1.165, 1.54) is 18.4 Å². The van der Waals surface area contributed by atoms with Crippen molar-refractivity contribution in [2.75, 3.05) is 11.6 Å². The van der Waals surface area contributed by atoms with Crippen LogP contribution in [0.1, 0.15) is 21.5 Å². The molecule has 0 heterocycles. The van der Waals surface area contributed by atoms with Crippen LogP contribution in [0.5, 0.6) is 0 Å². The first-order valence-corrected chi connectivity index (χ1v) is 7.96. The van der Waals surface area contributed by atoms with E-state index in [4.69, 9.17) is 0 Å². The summed E-state index contributed by atoms with van der Waals surface area (Å²) in [5.74, 6) is -0.879. The van der Waals surface area contributed by atoms with Crippen molar-refractivity contribution >= 4 is 22.4 Å². The van der Waals surface area contributed by atoms with Crippen molar-refractivity contribution < 1.29 is 13.4 Å². The van der Waals surface area contributed by atoms with E-state index in [1.54, 1.807) is 18.2 Å². The summed E-state index contributed by atoms with van der Waals surface area (Å²) in [6, 6.07) is 9.61. The number of nitrogens with one attached hydrogen (secondary N) is 1. The van der Waals surface area contributed by atoms with Gasteiger partial charge in [0.15, 0.2) is 0 Å². The Bertz CT molecular complexity index is 728. The first kappa shape index (κ1) is 15.4. The number of rotatable bonds is 3. The molecule has 0 saturated heterocycles. The van der Waals surface area contributed by atoms with Crippen molar-refractivity contribution in [2.24, 2.45) is 0 Å². The van der Waals surface area contributed by atoms with Gasteiger partial charge in [-0.2, -0.15) is 0 Å². The number of anilines is 1. The molecule has 2 aromatic carbocycles. The molecule has 0 spiro atoms. The Morgan fingerprint density at radius 1 is 1.19 bits per heavy atom. The second-order valence-electron chi connectivity index (χ2n) is 4.80. The quantitative estimate of drug-likeness (QED) is 0.944. The lowest BCUT2D eigenvalue weighted by molar-refractivity contribution is 0.102. The van der Waals surface area contributed by atoms with Gasteiger partial charge in [0.25, 0.3) is 5.91 Å². The molecule has 0 aliphatic carbocycles. The highest BCUT2D eigenvalue weighted by Gasteiger charge is 2.12. The standard InChI is InChI=1S/C16H16FNO2S/c1-10-5-4-6-13(11(10)2)16(19)18-12-7-8-15(21(3)20)14(17)9-12/h4-9H,1-3H3,(H,18,19). The van der Waals surface area contributed by atoms with Crippen molar-refractivity contribution in [1.82, 2.24) is 0 Å². The second kappa shape index (κ2) is 6.18. The molecule has 0 aromatic heterocycles. The summed E-state index contributed by atoms with van der Waals surface area (Å²) >= 11 is 0. The number of benzene rings is 2. The molecule has 0 aliphatic rings. The summed E-state index contributed by atoms with van der Waals surface area (Å²) < 4.78 is 25.0. The van der Waals surface area contributed by atoms with Gasteiger partial charge in [0.1, 0.15) is 5.82 Å². The summed E-state index contributed by atoms with van der Waals surface area (Å²) in [5, 5.41) is 2.66. The number of halogens is 1. The van der Waals surface area contributed by atoms with Gasteiger partial charge in [0, 0.05) is 17.5 Å². The Morgan fingerprint density at radius 3 is 2.52 bits per heavy atom. The molecule has 0 radical (unpaired) electrons. The topological polar surface area (TPSA) is 46.2 Å². The first-order valence-electron chi connectivity index (χ1n) is 6.40. The van der Waals surface area contributed by atoms with Crippen LogP contribution in [0.3, 0.4) is 0 Å². The average Bonchev–Trinajstić information content (AvgIpc) is 2.41. The number of carbonyl (C=O) groups excluding carboxylic acids is 1. The molecule has 0 aliphatic heterocycles. The molecule has 2 aromatic rings. The SMILES string of the molecule is Cc1cccc(C(=O)Nc2ccc(S(C)=O)c(F)c2)c1C. The fraction of sp³-hybridized carbons (Fsp3) is 0.188. The van der Waals surface area contributed by atoms with E-state index >= 15 is 0 Å². The van der Waals surface area contributed by atoms with E-state index in [1.807, 2.05) is 19.9 Å². The smallest absolute Gasteiger partial charge is 0.255 e. The fourth-order valence-electron chi connectivity index (χ4n) is 2.01. The molecule has 1 amide bonds. The number of aryl methyl sites for hydroxylation is 1. The van der Waals surface area contributed by atoms with Gasteiger partial charge in [0.2, 0.25) is 0 Å². The van der Waals surface area contributed by atoms with Crippen molar-refractivity contribution in [2.45, 2.75) is 18.7 Å². The summed E-state index contributed by atoms with van der Waals surface area (Å²) in [7, 11) is -1.39. The maximum atomic E-state index is 13.8. The summed E-state index contributed by atoms with van der Waals surface area (Å²) in [6.45, 7) is 3.80. The van der Waals surface area contributed by atoms with Crippen LogP contribution in [-0.2, 0) is 10.8 Å². The van der Waals surface area contributed by atoms with Crippen LogP contribution in [0, 0.1) is 19.7 Å². The highest BCUT2D eigenvalue weighted by molar-refractivity contribution is 7.84.